The van der Waals surface area contributed by atoms with E-state index in [9.17, 15) is 4.79 Å². The SMILES string of the molecule is C[C@H](CN(C)C(=O)c1ccc(N2CCCCCC2)nc1)c1nn[nH]n1. The van der Waals surface area contributed by atoms with Crippen LogP contribution >= 0.6 is 0 Å². The molecule has 0 aromatic carbocycles. The number of aromatic amines is 1. The zero-order valence-electron chi connectivity index (χ0n) is 14.9. The van der Waals surface area contributed by atoms with Crippen LogP contribution in [0.15, 0.2) is 18.3 Å². The van der Waals surface area contributed by atoms with Gasteiger partial charge >= 0.3 is 0 Å². The topological polar surface area (TPSA) is 90.9 Å². The summed E-state index contributed by atoms with van der Waals surface area (Å²) >= 11 is 0. The summed E-state index contributed by atoms with van der Waals surface area (Å²) in [5, 5.41) is 13.9. The average molecular weight is 343 g/mol. The smallest absolute Gasteiger partial charge is 0.255 e. The van der Waals surface area contributed by atoms with E-state index in [1.807, 2.05) is 19.1 Å². The number of carbonyl (C=O) groups is 1. The lowest BCUT2D eigenvalue weighted by molar-refractivity contribution is 0.0787. The molecule has 3 heterocycles. The molecule has 1 N–H and O–H groups in total. The van der Waals surface area contributed by atoms with Gasteiger partial charge in [-0.25, -0.2) is 4.98 Å². The van der Waals surface area contributed by atoms with Crippen LogP contribution in [-0.4, -0.2) is 63.1 Å². The minimum absolute atomic E-state index is 0.0111. The third-order valence-corrected chi connectivity index (χ3v) is 4.62. The van der Waals surface area contributed by atoms with Crippen molar-refractivity contribution in [3.05, 3.63) is 29.7 Å². The van der Waals surface area contributed by atoms with Gasteiger partial charge in [0.05, 0.1) is 5.56 Å². The van der Waals surface area contributed by atoms with E-state index >= 15 is 0 Å². The minimum Gasteiger partial charge on any atom is -0.357 e. The first-order valence-electron chi connectivity index (χ1n) is 8.85. The van der Waals surface area contributed by atoms with Gasteiger partial charge < -0.3 is 9.80 Å². The molecule has 1 saturated heterocycles. The molecule has 2 aromatic rings. The molecule has 2 aromatic heterocycles. The predicted octanol–water partition coefficient (Wildman–Crippen LogP) is 1.85. The van der Waals surface area contributed by atoms with Crippen LogP contribution in [0.4, 0.5) is 5.82 Å². The summed E-state index contributed by atoms with van der Waals surface area (Å²) in [6, 6.07) is 3.82. The molecule has 1 amide bonds. The quantitative estimate of drug-likeness (QED) is 0.891. The van der Waals surface area contributed by atoms with Crippen LogP contribution < -0.4 is 4.90 Å². The normalized spacial score (nSPS) is 16.3. The Kier molecular flexibility index (Phi) is 5.57. The maximum absolute atomic E-state index is 12.6. The molecule has 1 aliphatic rings. The van der Waals surface area contributed by atoms with E-state index in [4.69, 9.17) is 0 Å². The van der Waals surface area contributed by atoms with Crippen molar-refractivity contribution < 1.29 is 4.79 Å². The highest BCUT2D eigenvalue weighted by Gasteiger charge is 2.19. The second-order valence-electron chi connectivity index (χ2n) is 6.66. The average Bonchev–Trinajstić information content (AvgIpc) is 3.04. The maximum Gasteiger partial charge on any atom is 0.255 e. The molecular formula is C17H25N7O. The molecule has 134 valence electrons. The number of pyridine rings is 1. The highest BCUT2D eigenvalue weighted by Crippen LogP contribution is 2.18. The number of amides is 1. The molecule has 0 spiro atoms. The number of aromatic nitrogens is 5. The van der Waals surface area contributed by atoms with Crippen molar-refractivity contribution in [2.75, 3.05) is 31.6 Å². The summed E-state index contributed by atoms with van der Waals surface area (Å²) in [4.78, 5) is 21.1. The Morgan fingerprint density at radius 2 is 2.04 bits per heavy atom. The monoisotopic (exact) mass is 343 g/mol. The van der Waals surface area contributed by atoms with E-state index in [1.54, 1.807) is 18.1 Å². The van der Waals surface area contributed by atoms with Crippen LogP contribution in [0.25, 0.3) is 0 Å². The number of hydrogen-bond acceptors (Lipinski definition) is 6. The van der Waals surface area contributed by atoms with Gasteiger partial charge in [0.1, 0.15) is 5.82 Å². The van der Waals surface area contributed by atoms with Crippen molar-refractivity contribution in [2.45, 2.75) is 38.5 Å². The molecule has 0 unspecified atom stereocenters. The first-order chi connectivity index (χ1) is 12.1. The number of hydrogen-bond donors (Lipinski definition) is 1. The summed E-state index contributed by atoms with van der Waals surface area (Å²) in [6.07, 6.45) is 6.67. The summed E-state index contributed by atoms with van der Waals surface area (Å²) in [6.45, 7) is 4.58. The van der Waals surface area contributed by atoms with E-state index in [-0.39, 0.29) is 11.8 Å². The number of rotatable bonds is 5. The fourth-order valence-electron chi connectivity index (χ4n) is 3.17. The molecule has 25 heavy (non-hydrogen) atoms. The zero-order valence-corrected chi connectivity index (χ0v) is 14.9. The molecule has 3 rings (SSSR count). The van der Waals surface area contributed by atoms with Crippen molar-refractivity contribution >= 4 is 11.7 Å². The van der Waals surface area contributed by atoms with Gasteiger partial charge in [0.15, 0.2) is 5.82 Å². The summed E-state index contributed by atoms with van der Waals surface area (Å²) in [7, 11) is 1.78. The molecule has 1 atom stereocenters. The predicted molar refractivity (Wildman–Crippen MR) is 94.5 cm³/mol. The first-order valence-corrected chi connectivity index (χ1v) is 8.85. The van der Waals surface area contributed by atoms with Gasteiger partial charge in [-0.3, -0.25) is 4.79 Å². The highest BCUT2D eigenvalue weighted by atomic mass is 16.2. The number of nitrogens with one attached hydrogen (secondary N) is 1. The van der Waals surface area contributed by atoms with Gasteiger partial charge in [0.25, 0.3) is 5.91 Å². The summed E-state index contributed by atoms with van der Waals surface area (Å²) in [5.41, 5.74) is 0.599. The van der Waals surface area contributed by atoms with Gasteiger partial charge in [0, 0.05) is 38.8 Å². The van der Waals surface area contributed by atoms with Crippen molar-refractivity contribution in [3.63, 3.8) is 0 Å². The Labute approximate surface area is 147 Å². The van der Waals surface area contributed by atoms with Crippen LogP contribution in [0.3, 0.4) is 0 Å². The third-order valence-electron chi connectivity index (χ3n) is 4.62. The molecular weight excluding hydrogens is 318 g/mol. The number of anilines is 1. The van der Waals surface area contributed by atoms with Crippen LogP contribution in [0.5, 0.6) is 0 Å². The van der Waals surface area contributed by atoms with E-state index < -0.39 is 0 Å². The van der Waals surface area contributed by atoms with Crippen molar-refractivity contribution in [1.29, 1.82) is 0 Å². The Bertz CT molecular complexity index is 663. The van der Waals surface area contributed by atoms with E-state index in [0.717, 1.165) is 18.9 Å². The first kappa shape index (κ1) is 17.3. The Morgan fingerprint density at radius 3 is 2.64 bits per heavy atom. The summed E-state index contributed by atoms with van der Waals surface area (Å²) in [5.74, 6) is 1.53. The van der Waals surface area contributed by atoms with Crippen LogP contribution in [0.2, 0.25) is 0 Å². The molecule has 0 aliphatic carbocycles. The van der Waals surface area contributed by atoms with Gasteiger partial charge in [-0.1, -0.05) is 25.0 Å². The van der Waals surface area contributed by atoms with E-state index in [0.29, 0.717) is 17.9 Å². The fourth-order valence-corrected chi connectivity index (χ4v) is 3.17. The van der Waals surface area contributed by atoms with Gasteiger partial charge in [-0.05, 0) is 25.0 Å². The lowest BCUT2D eigenvalue weighted by Gasteiger charge is -2.22. The lowest BCUT2D eigenvalue weighted by atomic mass is 10.1. The van der Waals surface area contributed by atoms with Gasteiger partial charge in [-0.2, -0.15) is 5.21 Å². The zero-order chi connectivity index (χ0) is 17.6. The van der Waals surface area contributed by atoms with Crippen molar-refractivity contribution in [2.24, 2.45) is 0 Å². The maximum atomic E-state index is 12.6. The second-order valence-corrected chi connectivity index (χ2v) is 6.66. The molecule has 0 saturated carbocycles. The molecule has 1 aliphatic heterocycles. The van der Waals surface area contributed by atoms with E-state index in [1.165, 1.54) is 25.7 Å². The lowest BCUT2D eigenvalue weighted by Crippen LogP contribution is -2.31. The summed E-state index contributed by atoms with van der Waals surface area (Å²) < 4.78 is 0. The van der Waals surface area contributed by atoms with Gasteiger partial charge in [-0.15, -0.1) is 10.2 Å². The van der Waals surface area contributed by atoms with Crippen molar-refractivity contribution in [3.8, 4) is 0 Å². The van der Waals surface area contributed by atoms with Gasteiger partial charge in [0.2, 0.25) is 0 Å². The van der Waals surface area contributed by atoms with Crippen molar-refractivity contribution in [1.82, 2.24) is 30.5 Å². The fraction of sp³-hybridized carbons (Fsp3) is 0.588. The largest absolute Gasteiger partial charge is 0.357 e. The molecule has 0 bridgehead atoms. The number of nitrogens with zero attached hydrogens (tertiary/aromatic N) is 6. The molecule has 8 heteroatoms. The van der Waals surface area contributed by atoms with Crippen LogP contribution in [0.1, 0.15) is 54.7 Å². The molecule has 1 fully saturated rings. The Hall–Kier alpha value is -2.51. The van der Waals surface area contributed by atoms with E-state index in [2.05, 4.69) is 30.5 Å². The molecule has 8 nitrogen and oxygen atoms in total. The van der Waals surface area contributed by atoms with Crippen LogP contribution in [0, 0.1) is 0 Å². The second kappa shape index (κ2) is 8.04. The number of carbonyl (C=O) groups excluding carboxylic acids is 1. The van der Waals surface area contributed by atoms with Crippen LogP contribution in [-0.2, 0) is 0 Å². The minimum atomic E-state index is -0.0507. The Morgan fingerprint density at radius 1 is 1.28 bits per heavy atom. The third kappa shape index (κ3) is 4.32. The standard InChI is InChI=1S/C17H25N7O/c1-13(16-19-21-22-20-16)12-23(2)17(25)14-7-8-15(18-11-14)24-9-5-3-4-6-10-24/h7-8,11,13H,3-6,9-10,12H2,1-2H3,(H,19,20,21,22)/t13-/m1/s1. The Balaban J connectivity index is 1.61. The number of H-pyrrole nitrogens is 1. The number of tetrazole rings is 1. The molecule has 0 radical (unpaired) electrons. The number of likely N-dealkylation sites (N-methyl/N-ethyl adjacent to an activating group) is 1. The highest BCUT2D eigenvalue weighted by molar-refractivity contribution is 5.94.